The number of guanidine groups is 1. The fourth-order valence-electron chi connectivity index (χ4n) is 2.91. The Kier molecular flexibility index (Phi) is 6.42. The molecule has 1 aromatic carbocycles. The van der Waals surface area contributed by atoms with Gasteiger partial charge in [0.1, 0.15) is 5.60 Å². The molecule has 23 heavy (non-hydrogen) atoms. The molecule has 0 amide bonds. The Labute approximate surface area is 139 Å². The summed E-state index contributed by atoms with van der Waals surface area (Å²) in [6, 6.07) is 10.3. The molecule has 1 heterocycles. The largest absolute Gasteiger partial charge is 0.384 e. The van der Waals surface area contributed by atoms with E-state index in [0.29, 0.717) is 12.6 Å². The standard InChI is InChI=1S/C18H30N4O/c1-4-19-17(20-13-16-11-8-12-22(16)3)21-14-18(2,23)15-9-6-5-7-10-15/h5-7,9-10,16,23H,4,8,11-14H2,1-3H3,(H2,19,20,21). The minimum Gasteiger partial charge on any atom is -0.384 e. The normalized spacial score (nSPS) is 21.9. The topological polar surface area (TPSA) is 59.9 Å². The summed E-state index contributed by atoms with van der Waals surface area (Å²) in [5.41, 5.74) is -0.0801. The number of hydrogen-bond donors (Lipinski definition) is 3. The molecule has 0 spiro atoms. The SMILES string of the molecule is CCNC(=NCC(C)(O)c1ccccc1)NCC1CCCN1C. The zero-order chi connectivity index (χ0) is 16.7. The molecular formula is C18H30N4O. The molecule has 1 aliphatic rings. The van der Waals surface area contributed by atoms with E-state index in [-0.39, 0.29) is 0 Å². The summed E-state index contributed by atoms with van der Waals surface area (Å²) >= 11 is 0. The second kappa shape index (κ2) is 8.31. The first-order valence-electron chi connectivity index (χ1n) is 8.53. The molecule has 2 rings (SSSR count). The van der Waals surface area contributed by atoms with Gasteiger partial charge in [-0.2, -0.15) is 0 Å². The molecule has 1 saturated heterocycles. The number of likely N-dealkylation sites (tertiary alicyclic amines) is 1. The third kappa shape index (κ3) is 5.22. The van der Waals surface area contributed by atoms with Crippen molar-refractivity contribution in [3.63, 3.8) is 0 Å². The van der Waals surface area contributed by atoms with E-state index in [9.17, 15) is 5.11 Å². The third-order valence-electron chi connectivity index (χ3n) is 4.46. The lowest BCUT2D eigenvalue weighted by Crippen LogP contribution is -2.44. The summed E-state index contributed by atoms with van der Waals surface area (Å²) in [5.74, 6) is 0.768. The fourth-order valence-corrected chi connectivity index (χ4v) is 2.91. The smallest absolute Gasteiger partial charge is 0.191 e. The van der Waals surface area contributed by atoms with Crippen molar-refractivity contribution in [1.29, 1.82) is 0 Å². The minimum absolute atomic E-state index is 0.326. The average Bonchev–Trinajstić information content (AvgIpc) is 2.96. The van der Waals surface area contributed by atoms with Gasteiger partial charge >= 0.3 is 0 Å². The van der Waals surface area contributed by atoms with Gasteiger partial charge in [0.2, 0.25) is 0 Å². The average molecular weight is 318 g/mol. The minimum atomic E-state index is -0.965. The molecule has 5 nitrogen and oxygen atoms in total. The summed E-state index contributed by atoms with van der Waals surface area (Å²) < 4.78 is 0. The maximum atomic E-state index is 10.7. The second-order valence-electron chi connectivity index (χ2n) is 6.49. The van der Waals surface area contributed by atoms with E-state index in [2.05, 4.69) is 27.6 Å². The lowest BCUT2D eigenvalue weighted by atomic mass is 9.96. The Bertz CT molecular complexity index is 501. The lowest BCUT2D eigenvalue weighted by Gasteiger charge is -2.24. The Morgan fingerprint density at radius 1 is 1.35 bits per heavy atom. The molecule has 1 fully saturated rings. The molecule has 0 saturated carbocycles. The molecule has 2 unspecified atom stereocenters. The molecule has 0 aliphatic carbocycles. The van der Waals surface area contributed by atoms with Gasteiger partial charge in [-0.05, 0) is 45.8 Å². The van der Waals surface area contributed by atoms with Crippen LogP contribution < -0.4 is 10.6 Å². The van der Waals surface area contributed by atoms with E-state index in [1.54, 1.807) is 6.92 Å². The van der Waals surface area contributed by atoms with Gasteiger partial charge in [0, 0.05) is 19.1 Å². The highest BCUT2D eigenvalue weighted by Gasteiger charge is 2.23. The molecule has 0 aromatic heterocycles. The van der Waals surface area contributed by atoms with Crippen LogP contribution >= 0.6 is 0 Å². The molecule has 1 aromatic rings. The predicted octanol–water partition coefficient (Wildman–Crippen LogP) is 1.54. The van der Waals surface area contributed by atoms with E-state index >= 15 is 0 Å². The van der Waals surface area contributed by atoms with Crippen LogP contribution in [-0.2, 0) is 5.60 Å². The Morgan fingerprint density at radius 3 is 2.70 bits per heavy atom. The summed E-state index contributed by atoms with van der Waals surface area (Å²) in [5, 5.41) is 17.3. The third-order valence-corrected chi connectivity index (χ3v) is 4.46. The number of nitrogens with one attached hydrogen (secondary N) is 2. The number of aliphatic hydroxyl groups is 1. The van der Waals surface area contributed by atoms with Gasteiger partial charge in [-0.25, -0.2) is 4.99 Å². The van der Waals surface area contributed by atoms with Crippen molar-refractivity contribution >= 4 is 5.96 Å². The quantitative estimate of drug-likeness (QED) is 0.550. The van der Waals surface area contributed by atoms with Crippen molar-refractivity contribution in [3.05, 3.63) is 35.9 Å². The van der Waals surface area contributed by atoms with E-state index in [1.807, 2.05) is 37.3 Å². The molecule has 0 radical (unpaired) electrons. The summed E-state index contributed by atoms with van der Waals surface area (Å²) in [7, 11) is 2.17. The van der Waals surface area contributed by atoms with Gasteiger partial charge < -0.3 is 20.6 Å². The van der Waals surface area contributed by atoms with Crippen LogP contribution in [0, 0.1) is 0 Å². The van der Waals surface area contributed by atoms with Crippen molar-refractivity contribution in [2.45, 2.75) is 38.3 Å². The molecule has 2 atom stereocenters. The van der Waals surface area contributed by atoms with Crippen LogP contribution in [0.3, 0.4) is 0 Å². The van der Waals surface area contributed by atoms with Gasteiger partial charge in [0.05, 0.1) is 6.54 Å². The van der Waals surface area contributed by atoms with Gasteiger partial charge in [0.25, 0.3) is 0 Å². The van der Waals surface area contributed by atoms with Crippen LogP contribution in [0.25, 0.3) is 0 Å². The van der Waals surface area contributed by atoms with Crippen molar-refractivity contribution in [1.82, 2.24) is 15.5 Å². The number of aliphatic imine (C=N–C) groups is 1. The molecule has 1 aliphatic heterocycles. The first-order chi connectivity index (χ1) is 11.0. The van der Waals surface area contributed by atoms with E-state index < -0.39 is 5.60 Å². The zero-order valence-electron chi connectivity index (χ0n) is 14.5. The molecule has 3 N–H and O–H groups in total. The first kappa shape index (κ1) is 17.8. The Balaban J connectivity index is 1.95. The summed E-state index contributed by atoms with van der Waals surface area (Å²) in [6.45, 7) is 7.04. The van der Waals surface area contributed by atoms with Crippen molar-refractivity contribution in [2.75, 3.05) is 33.2 Å². The van der Waals surface area contributed by atoms with Gasteiger partial charge in [-0.15, -0.1) is 0 Å². The maximum absolute atomic E-state index is 10.7. The van der Waals surface area contributed by atoms with Crippen molar-refractivity contribution in [3.8, 4) is 0 Å². The fraction of sp³-hybridized carbons (Fsp3) is 0.611. The first-order valence-corrected chi connectivity index (χ1v) is 8.53. The highest BCUT2D eigenvalue weighted by atomic mass is 16.3. The Hall–Kier alpha value is -1.59. The number of rotatable bonds is 6. The molecular weight excluding hydrogens is 288 g/mol. The highest BCUT2D eigenvalue weighted by Crippen LogP contribution is 2.20. The van der Waals surface area contributed by atoms with Crippen molar-refractivity contribution < 1.29 is 5.11 Å². The van der Waals surface area contributed by atoms with Gasteiger partial charge in [-0.3, -0.25) is 0 Å². The molecule has 5 heteroatoms. The number of likely N-dealkylation sites (N-methyl/N-ethyl adjacent to an activating group) is 1. The lowest BCUT2D eigenvalue weighted by molar-refractivity contribution is 0.0672. The van der Waals surface area contributed by atoms with Crippen LogP contribution in [0.4, 0.5) is 0 Å². The van der Waals surface area contributed by atoms with Gasteiger partial charge in [-0.1, -0.05) is 30.3 Å². The zero-order valence-corrected chi connectivity index (χ0v) is 14.5. The number of nitrogens with zero attached hydrogens (tertiary/aromatic N) is 2. The second-order valence-corrected chi connectivity index (χ2v) is 6.49. The van der Waals surface area contributed by atoms with Crippen LogP contribution in [0.5, 0.6) is 0 Å². The van der Waals surface area contributed by atoms with Crippen LogP contribution in [0.15, 0.2) is 35.3 Å². The van der Waals surface area contributed by atoms with Crippen molar-refractivity contribution in [2.24, 2.45) is 4.99 Å². The van der Waals surface area contributed by atoms with Crippen LogP contribution in [-0.4, -0.2) is 55.2 Å². The van der Waals surface area contributed by atoms with E-state index in [0.717, 1.165) is 24.6 Å². The van der Waals surface area contributed by atoms with Crippen LogP contribution in [0.2, 0.25) is 0 Å². The monoisotopic (exact) mass is 318 g/mol. The summed E-state index contributed by atoms with van der Waals surface area (Å²) in [6.07, 6.45) is 2.49. The van der Waals surface area contributed by atoms with Crippen LogP contribution in [0.1, 0.15) is 32.3 Å². The molecule has 0 bridgehead atoms. The molecule has 128 valence electrons. The Morgan fingerprint density at radius 2 is 2.09 bits per heavy atom. The number of hydrogen-bond acceptors (Lipinski definition) is 3. The summed E-state index contributed by atoms with van der Waals surface area (Å²) in [4.78, 5) is 6.96. The number of benzene rings is 1. The highest BCUT2D eigenvalue weighted by molar-refractivity contribution is 5.79. The predicted molar refractivity (Wildman–Crippen MR) is 95.6 cm³/mol. The van der Waals surface area contributed by atoms with Gasteiger partial charge in [0.15, 0.2) is 5.96 Å². The maximum Gasteiger partial charge on any atom is 0.191 e. The van der Waals surface area contributed by atoms with E-state index in [4.69, 9.17) is 0 Å². The van der Waals surface area contributed by atoms with E-state index in [1.165, 1.54) is 19.4 Å².